The summed E-state index contributed by atoms with van der Waals surface area (Å²) in [7, 11) is -4.31. The van der Waals surface area contributed by atoms with E-state index in [-0.39, 0.29) is 25.1 Å². The number of hydrogen-bond acceptors (Lipinski definition) is 6. The number of carbonyl (C=O) groups is 1. The summed E-state index contributed by atoms with van der Waals surface area (Å²) in [5.41, 5.74) is -0.0213. The number of halogens is 3. The SMILES string of the molecule is O=C(c1c(F)ccc(NS(=O)(=O)N2CCC(F)C2)c1F)c1c[nH]c2ncc(-c3cnc(C4CC4)nc3)cc12. The second kappa shape index (κ2) is 9.17. The van der Waals surface area contributed by atoms with Crippen LogP contribution in [0.1, 0.15) is 46.9 Å². The molecule has 6 rings (SSSR count). The number of rotatable bonds is 7. The number of pyridine rings is 1. The van der Waals surface area contributed by atoms with Crippen LogP contribution in [-0.4, -0.2) is 57.7 Å². The van der Waals surface area contributed by atoms with Crippen molar-refractivity contribution in [2.24, 2.45) is 0 Å². The first-order valence-electron chi connectivity index (χ1n) is 12.0. The Morgan fingerprint density at radius 1 is 1.05 bits per heavy atom. The largest absolute Gasteiger partial charge is 0.345 e. The molecule has 1 saturated heterocycles. The Morgan fingerprint density at radius 3 is 2.47 bits per heavy atom. The van der Waals surface area contributed by atoms with Gasteiger partial charge >= 0.3 is 10.2 Å². The molecule has 0 bridgehead atoms. The van der Waals surface area contributed by atoms with Gasteiger partial charge in [-0.3, -0.25) is 9.52 Å². The summed E-state index contributed by atoms with van der Waals surface area (Å²) in [4.78, 5) is 29.3. The molecule has 2 aliphatic rings. The van der Waals surface area contributed by atoms with Crippen LogP contribution in [0.15, 0.2) is 43.0 Å². The van der Waals surface area contributed by atoms with Crippen molar-refractivity contribution in [2.45, 2.75) is 31.4 Å². The molecule has 1 atom stereocenters. The van der Waals surface area contributed by atoms with Gasteiger partial charge in [0.05, 0.1) is 11.3 Å². The lowest BCUT2D eigenvalue weighted by Crippen LogP contribution is -2.34. The van der Waals surface area contributed by atoms with Gasteiger partial charge in [-0.05, 0) is 37.5 Å². The topological polar surface area (TPSA) is 121 Å². The van der Waals surface area contributed by atoms with E-state index in [9.17, 15) is 22.0 Å². The third-order valence-corrected chi connectivity index (χ3v) is 8.20. The van der Waals surface area contributed by atoms with Crippen molar-refractivity contribution >= 4 is 32.7 Å². The number of alkyl halides is 1. The molecule has 0 amide bonds. The normalized spacial score (nSPS) is 18.2. The van der Waals surface area contributed by atoms with E-state index in [1.165, 1.54) is 6.20 Å². The Morgan fingerprint density at radius 2 is 1.79 bits per heavy atom. The van der Waals surface area contributed by atoms with Crippen molar-refractivity contribution in [1.29, 1.82) is 0 Å². The molecule has 1 aliphatic carbocycles. The van der Waals surface area contributed by atoms with Crippen LogP contribution in [0.4, 0.5) is 18.9 Å². The van der Waals surface area contributed by atoms with Crippen LogP contribution in [0.2, 0.25) is 0 Å². The summed E-state index contributed by atoms with van der Waals surface area (Å²) in [6.45, 7) is -0.451. The first-order valence-corrected chi connectivity index (χ1v) is 13.4. The van der Waals surface area contributed by atoms with Gasteiger partial charge in [0.2, 0.25) is 5.78 Å². The van der Waals surface area contributed by atoms with Gasteiger partial charge < -0.3 is 4.98 Å². The second-order valence-electron chi connectivity index (χ2n) is 9.39. The van der Waals surface area contributed by atoms with Crippen LogP contribution in [0.25, 0.3) is 22.2 Å². The van der Waals surface area contributed by atoms with Crippen molar-refractivity contribution < 1.29 is 26.4 Å². The average molecular weight is 543 g/mol. The first kappa shape index (κ1) is 24.5. The highest BCUT2D eigenvalue weighted by Gasteiger charge is 2.33. The van der Waals surface area contributed by atoms with Crippen molar-refractivity contribution in [2.75, 3.05) is 17.8 Å². The number of nitrogens with one attached hydrogen (secondary N) is 2. The molecule has 1 saturated carbocycles. The summed E-state index contributed by atoms with van der Waals surface area (Å²) in [5, 5.41) is 0.314. The smallest absolute Gasteiger partial charge is 0.301 e. The van der Waals surface area contributed by atoms with Crippen LogP contribution in [0, 0.1) is 11.6 Å². The van der Waals surface area contributed by atoms with E-state index in [4.69, 9.17) is 0 Å². The molecule has 2 N–H and O–H groups in total. The molecule has 196 valence electrons. The number of nitrogens with zero attached hydrogens (tertiary/aromatic N) is 4. The third kappa shape index (κ3) is 4.41. The average Bonchev–Trinajstić information content (AvgIpc) is 3.51. The summed E-state index contributed by atoms with van der Waals surface area (Å²) in [6, 6.07) is 3.32. The fourth-order valence-corrected chi connectivity index (χ4v) is 5.74. The lowest BCUT2D eigenvalue weighted by atomic mass is 10.0. The zero-order chi connectivity index (χ0) is 26.6. The maximum Gasteiger partial charge on any atom is 0.301 e. The van der Waals surface area contributed by atoms with E-state index in [0.29, 0.717) is 28.1 Å². The zero-order valence-corrected chi connectivity index (χ0v) is 20.6. The molecule has 0 spiro atoms. The van der Waals surface area contributed by atoms with E-state index in [1.54, 1.807) is 24.7 Å². The molecule has 9 nitrogen and oxygen atoms in total. The molecule has 3 aromatic heterocycles. The second-order valence-corrected chi connectivity index (χ2v) is 11.1. The van der Waals surface area contributed by atoms with Gasteiger partial charge in [-0.2, -0.15) is 12.7 Å². The van der Waals surface area contributed by atoms with E-state index in [2.05, 4.69) is 19.9 Å². The standard InChI is InChI=1S/C25H21F3N6O3S/c26-16-5-6-34(12-16)38(36,37)33-20-4-3-19(27)21(22(20)28)23(35)18-11-32-25-17(18)7-14(8-31-25)15-9-29-24(30-10-15)13-1-2-13/h3-4,7-11,13,16,33H,1-2,5-6,12H2,(H,31,32). The summed E-state index contributed by atoms with van der Waals surface area (Å²) < 4.78 is 71.7. The maximum atomic E-state index is 15.4. The van der Waals surface area contributed by atoms with Gasteiger partial charge in [0.15, 0.2) is 5.82 Å². The monoisotopic (exact) mass is 542 g/mol. The van der Waals surface area contributed by atoms with Crippen molar-refractivity contribution in [3.63, 3.8) is 0 Å². The Balaban J connectivity index is 1.33. The van der Waals surface area contributed by atoms with Crippen LogP contribution in [-0.2, 0) is 10.2 Å². The van der Waals surface area contributed by atoms with Gasteiger partial charge in [-0.1, -0.05) is 0 Å². The zero-order valence-electron chi connectivity index (χ0n) is 19.8. The van der Waals surface area contributed by atoms with Gasteiger partial charge in [-0.15, -0.1) is 0 Å². The molecule has 0 radical (unpaired) electrons. The van der Waals surface area contributed by atoms with Crippen molar-refractivity contribution in [3.05, 3.63) is 71.6 Å². The highest BCUT2D eigenvalue weighted by Crippen LogP contribution is 2.38. The maximum absolute atomic E-state index is 15.4. The molecule has 1 aliphatic heterocycles. The third-order valence-electron chi connectivity index (χ3n) is 6.71. The lowest BCUT2D eigenvalue weighted by molar-refractivity contribution is 0.103. The number of anilines is 1. The highest BCUT2D eigenvalue weighted by molar-refractivity contribution is 7.90. The number of aromatic amines is 1. The minimum atomic E-state index is -4.31. The summed E-state index contributed by atoms with van der Waals surface area (Å²) >= 11 is 0. The van der Waals surface area contributed by atoms with Crippen LogP contribution < -0.4 is 4.72 Å². The van der Waals surface area contributed by atoms with Gasteiger partial charge in [0.25, 0.3) is 0 Å². The van der Waals surface area contributed by atoms with Crippen LogP contribution in [0.3, 0.4) is 0 Å². The number of hydrogen-bond donors (Lipinski definition) is 2. The fraction of sp³-hybridized carbons (Fsp3) is 0.280. The van der Waals surface area contributed by atoms with E-state index >= 15 is 4.39 Å². The number of carbonyl (C=O) groups excluding carboxylic acids is 1. The highest BCUT2D eigenvalue weighted by atomic mass is 32.2. The Bertz CT molecular complexity index is 1670. The van der Waals surface area contributed by atoms with Crippen molar-refractivity contribution in [3.8, 4) is 11.1 Å². The van der Waals surface area contributed by atoms with Gasteiger partial charge in [-0.25, -0.2) is 28.1 Å². The van der Waals surface area contributed by atoms with E-state index < -0.39 is 45.0 Å². The quantitative estimate of drug-likeness (QED) is 0.339. The number of aromatic nitrogens is 4. The minimum absolute atomic E-state index is 0.0178. The molecule has 38 heavy (non-hydrogen) atoms. The molecule has 1 aromatic carbocycles. The van der Waals surface area contributed by atoms with Crippen LogP contribution >= 0.6 is 0 Å². The van der Waals surface area contributed by atoms with Gasteiger partial charge in [0, 0.05) is 65.9 Å². The predicted octanol–water partition coefficient (Wildman–Crippen LogP) is 4.11. The summed E-state index contributed by atoms with van der Waals surface area (Å²) in [5.74, 6) is -2.38. The molecular formula is C25H21F3N6O3S. The fourth-order valence-electron chi connectivity index (χ4n) is 4.47. The molecule has 4 aromatic rings. The number of H-pyrrole nitrogens is 1. The minimum Gasteiger partial charge on any atom is -0.345 e. The number of ketones is 1. The van der Waals surface area contributed by atoms with E-state index in [1.807, 2.05) is 4.72 Å². The summed E-state index contributed by atoms with van der Waals surface area (Å²) in [6.07, 6.45) is 7.00. The Labute approximate surface area is 215 Å². The first-order chi connectivity index (χ1) is 18.2. The predicted molar refractivity (Wildman–Crippen MR) is 133 cm³/mol. The van der Waals surface area contributed by atoms with E-state index in [0.717, 1.165) is 35.1 Å². The van der Waals surface area contributed by atoms with Crippen molar-refractivity contribution in [1.82, 2.24) is 24.2 Å². The molecule has 1 unspecified atom stereocenters. The lowest BCUT2D eigenvalue weighted by Gasteiger charge is -2.18. The number of fused-ring (bicyclic) bond motifs is 1. The Kier molecular flexibility index (Phi) is 5.91. The molecule has 4 heterocycles. The van der Waals surface area contributed by atoms with Crippen LogP contribution in [0.5, 0.6) is 0 Å². The molecular weight excluding hydrogens is 521 g/mol. The molecule has 2 fully saturated rings. The molecule has 13 heteroatoms. The van der Waals surface area contributed by atoms with Gasteiger partial charge in [0.1, 0.15) is 23.5 Å². The Hall–Kier alpha value is -3.84. The number of benzene rings is 1.